The first-order valence-corrected chi connectivity index (χ1v) is 1.58. The van der Waals surface area contributed by atoms with Crippen molar-refractivity contribution in [2.45, 2.75) is 6.92 Å². The van der Waals surface area contributed by atoms with E-state index in [1.54, 1.807) is 6.92 Å². The number of rotatable bonds is 1. The summed E-state index contributed by atoms with van der Waals surface area (Å²) in [6, 6.07) is 0. The van der Waals surface area contributed by atoms with Crippen molar-refractivity contribution in [1.82, 2.24) is 0 Å². The first kappa shape index (κ1) is 5.12. The third kappa shape index (κ3) is 1.44. The fraction of sp³-hybridized carbons (Fsp3) is 0.250. The van der Waals surface area contributed by atoms with Crippen LogP contribution < -0.4 is 0 Å². The van der Waals surface area contributed by atoms with Crippen molar-refractivity contribution in [1.29, 1.82) is 10.8 Å². The second-order valence-electron chi connectivity index (χ2n) is 0.952. The Morgan fingerprint density at radius 3 is 2.33 bits per heavy atom. The van der Waals surface area contributed by atoms with Crippen LogP contribution in [0.5, 0.6) is 0 Å². The molecule has 2 N–H and O–H groups in total. The van der Waals surface area contributed by atoms with Crippen LogP contribution in [0.3, 0.4) is 0 Å². The maximum atomic E-state index is 6.46. The highest BCUT2D eigenvalue weighted by molar-refractivity contribution is 5.86. The highest BCUT2D eigenvalue weighted by Crippen LogP contribution is 1.70. The van der Waals surface area contributed by atoms with Crippen molar-refractivity contribution >= 4 is 12.1 Å². The van der Waals surface area contributed by atoms with Crippen molar-refractivity contribution in [2.24, 2.45) is 0 Å². The molecule has 0 aromatic rings. The van der Waals surface area contributed by atoms with Gasteiger partial charge in [-0.15, -0.1) is 0 Å². The number of hydrogen-bond acceptors (Lipinski definition) is 2. The molecule has 0 aliphatic heterocycles. The summed E-state index contributed by atoms with van der Waals surface area (Å²) in [4.78, 5) is 0. The molecule has 2 nitrogen and oxygen atoms in total. The molecule has 0 atom stereocenters. The monoisotopic (exact) mass is 82.1 g/mol. The van der Waals surface area contributed by atoms with Crippen LogP contribution in [0, 0.1) is 10.8 Å². The minimum Gasteiger partial charge on any atom is -0.308 e. The second-order valence-corrected chi connectivity index (χ2v) is 0.952. The molecule has 0 aliphatic carbocycles. The van der Waals surface area contributed by atoms with E-state index in [0.29, 0.717) is 5.57 Å². The van der Waals surface area contributed by atoms with E-state index in [2.05, 4.69) is 0 Å². The van der Waals surface area contributed by atoms with Gasteiger partial charge in [0.15, 0.2) is 0 Å². The lowest BCUT2D eigenvalue weighted by Crippen LogP contribution is -1.70. The lowest BCUT2D eigenvalue weighted by Gasteiger charge is -1.69. The highest BCUT2D eigenvalue weighted by atomic mass is 14.3. The SMILES string of the molecule is CC(=C=N)C=N. The van der Waals surface area contributed by atoms with Gasteiger partial charge in [0.2, 0.25) is 0 Å². The van der Waals surface area contributed by atoms with Crippen LogP contribution in [0.15, 0.2) is 5.57 Å². The van der Waals surface area contributed by atoms with Crippen LogP contribution in [-0.2, 0) is 0 Å². The summed E-state index contributed by atoms with van der Waals surface area (Å²) in [5.41, 5.74) is 0.551. The molecule has 0 rings (SSSR count). The lowest BCUT2D eigenvalue weighted by molar-refractivity contribution is 1.51. The predicted octanol–water partition coefficient (Wildman–Crippen LogP) is 0.831. The van der Waals surface area contributed by atoms with E-state index in [1.165, 1.54) is 0 Å². The average Bonchev–Trinajstić information content (AvgIpc) is 1.65. The van der Waals surface area contributed by atoms with Crippen LogP contribution in [0.2, 0.25) is 0 Å². The number of allylic oxidation sites excluding steroid dienone is 1. The normalized spacial score (nSPS) is 6.17. The molecule has 2 heteroatoms. The van der Waals surface area contributed by atoms with Crippen LogP contribution in [0.4, 0.5) is 0 Å². The summed E-state index contributed by atoms with van der Waals surface area (Å²) in [6.45, 7) is 1.65. The van der Waals surface area contributed by atoms with Gasteiger partial charge in [-0.05, 0) is 12.8 Å². The average molecular weight is 82.1 g/mol. The molecule has 0 fully saturated rings. The van der Waals surface area contributed by atoms with Crippen LogP contribution in [0.25, 0.3) is 0 Å². The van der Waals surface area contributed by atoms with Gasteiger partial charge in [-0.25, -0.2) is 0 Å². The molecule has 0 heterocycles. The summed E-state index contributed by atoms with van der Waals surface area (Å²) < 4.78 is 0. The molecule has 0 bridgehead atoms. The summed E-state index contributed by atoms with van der Waals surface area (Å²) in [7, 11) is 0. The fourth-order valence-corrected chi connectivity index (χ4v) is 0.0361. The molecule has 0 unspecified atom stereocenters. The summed E-state index contributed by atoms with van der Waals surface area (Å²) in [5.74, 6) is 2.04. The summed E-state index contributed by atoms with van der Waals surface area (Å²) in [5, 5.41) is 12.8. The molecular weight excluding hydrogens is 76.1 g/mol. The highest BCUT2D eigenvalue weighted by Gasteiger charge is 1.68. The maximum Gasteiger partial charge on any atom is 0.0299 e. The number of hydrogen-bond donors (Lipinski definition) is 2. The molecule has 0 saturated carbocycles. The van der Waals surface area contributed by atoms with E-state index < -0.39 is 0 Å². The van der Waals surface area contributed by atoms with Gasteiger partial charge in [-0.3, -0.25) is 5.41 Å². The van der Waals surface area contributed by atoms with Gasteiger partial charge >= 0.3 is 0 Å². The first-order valence-electron chi connectivity index (χ1n) is 1.58. The lowest BCUT2D eigenvalue weighted by atomic mass is 10.4. The van der Waals surface area contributed by atoms with E-state index in [1.807, 2.05) is 5.87 Å². The first-order chi connectivity index (χ1) is 2.81. The van der Waals surface area contributed by atoms with E-state index in [9.17, 15) is 0 Å². The maximum absolute atomic E-state index is 6.46. The molecule has 32 valence electrons. The van der Waals surface area contributed by atoms with Crippen molar-refractivity contribution in [3.05, 3.63) is 5.57 Å². The minimum atomic E-state index is 0.551. The van der Waals surface area contributed by atoms with Gasteiger partial charge in [0.25, 0.3) is 0 Å². The molecule has 0 saturated heterocycles. The van der Waals surface area contributed by atoms with Crippen LogP contribution in [-0.4, -0.2) is 12.1 Å². The van der Waals surface area contributed by atoms with Gasteiger partial charge in [-0.2, -0.15) is 0 Å². The predicted molar refractivity (Wildman–Crippen MR) is 25.7 cm³/mol. The Hall–Kier alpha value is -0.880. The van der Waals surface area contributed by atoms with Crippen molar-refractivity contribution in [3.8, 4) is 0 Å². The molecule has 0 aromatic heterocycles. The van der Waals surface area contributed by atoms with Gasteiger partial charge in [0.05, 0.1) is 0 Å². The largest absolute Gasteiger partial charge is 0.308 e. The van der Waals surface area contributed by atoms with Gasteiger partial charge in [-0.1, -0.05) is 0 Å². The van der Waals surface area contributed by atoms with Gasteiger partial charge in [0.1, 0.15) is 0 Å². The zero-order chi connectivity index (χ0) is 4.99. The molecule has 0 amide bonds. The standard InChI is InChI=1S/C4H6N2/c1-4(2-5)3-6/h2,5-6H,1H3. The quantitative estimate of drug-likeness (QED) is 0.440. The molecule has 0 aliphatic rings. The Kier molecular flexibility index (Phi) is 2.02. The summed E-state index contributed by atoms with van der Waals surface area (Å²) in [6.07, 6.45) is 1.09. The molecular formula is C4H6N2. The topological polar surface area (TPSA) is 47.7 Å². The Morgan fingerprint density at radius 2 is 2.33 bits per heavy atom. The Balaban J connectivity index is 3.86. The third-order valence-electron chi connectivity index (χ3n) is 0.414. The Bertz CT molecular complexity index is 98.1. The molecule has 0 aromatic carbocycles. The number of nitrogens with one attached hydrogen (secondary N) is 2. The zero-order valence-corrected chi connectivity index (χ0v) is 3.58. The van der Waals surface area contributed by atoms with Crippen LogP contribution >= 0.6 is 0 Å². The smallest absolute Gasteiger partial charge is 0.0299 e. The van der Waals surface area contributed by atoms with Crippen molar-refractivity contribution in [3.63, 3.8) is 0 Å². The molecule has 0 radical (unpaired) electrons. The van der Waals surface area contributed by atoms with Crippen LogP contribution in [0.1, 0.15) is 6.92 Å². The Labute approximate surface area is 36.5 Å². The van der Waals surface area contributed by atoms with E-state index in [0.717, 1.165) is 6.21 Å². The molecule has 6 heavy (non-hydrogen) atoms. The Morgan fingerprint density at radius 1 is 1.83 bits per heavy atom. The molecule has 0 spiro atoms. The second kappa shape index (κ2) is 2.36. The van der Waals surface area contributed by atoms with Crippen molar-refractivity contribution < 1.29 is 0 Å². The van der Waals surface area contributed by atoms with Gasteiger partial charge < -0.3 is 5.41 Å². The summed E-state index contributed by atoms with van der Waals surface area (Å²) >= 11 is 0. The minimum absolute atomic E-state index is 0.551. The van der Waals surface area contributed by atoms with E-state index in [4.69, 9.17) is 10.8 Å². The van der Waals surface area contributed by atoms with E-state index >= 15 is 0 Å². The van der Waals surface area contributed by atoms with Gasteiger partial charge in [0, 0.05) is 11.8 Å². The zero-order valence-electron chi connectivity index (χ0n) is 3.58. The fourth-order valence-electron chi connectivity index (χ4n) is 0.0361. The third-order valence-corrected chi connectivity index (χ3v) is 0.414. The van der Waals surface area contributed by atoms with E-state index in [-0.39, 0.29) is 0 Å². The van der Waals surface area contributed by atoms with Crippen molar-refractivity contribution in [2.75, 3.05) is 0 Å².